The Balaban J connectivity index is 0.000000479. The predicted molar refractivity (Wildman–Crippen MR) is 131 cm³/mol. The molecular weight excluding hydrogens is 406 g/mol. The molecule has 7 unspecified atom stereocenters. The zero-order valence-electron chi connectivity index (χ0n) is 20.4. The van der Waals surface area contributed by atoms with Crippen molar-refractivity contribution < 1.29 is 4.90 Å². The molecule has 2 fully saturated rings. The highest BCUT2D eigenvalue weighted by molar-refractivity contribution is 5.18. The van der Waals surface area contributed by atoms with Gasteiger partial charge in [-0.2, -0.15) is 10.5 Å². The molecule has 0 heterocycles. The molecule has 0 spiro atoms. The molecule has 7 atom stereocenters. The molecule has 2 aliphatic carbocycles. The van der Waals surface area contributed by atoms with E-state index in [0.717, 1.165) is 25.7 Å². The van der Waals surface area contributed by atoms with Crippen molar-refractivity contribution >= 4 is 0 Å². The fourth-order valence-electron chi connectivity index (χ4n) is 6.06. The molecule has 0 radical (unpaired) electrons. The van der Waals surface area contributed by atoms with E-state index < -0.39 is 12.1 Å². The van der Waals surface area contributed by atoms with Crippen molar-refractivity contribution in [1.82, 2.24) is 0 Å². The van der Waals surface area contributed by atoms with Gasteiger partial charge >= 0.3 is 12.1 Å². The Bertz CT molecular complexity index is 847. The Morgan fingerprint density at radius 1 is 0.879 bits per heavy atom. The van der Waals surface area contributed by atoms with Crippen LogP contribution in [0.5, 0.6) is 0 Å². The van der Waals surface area contributed by atoms with Crippen LogP contribution >= 0.6 is 0 Å². The van der Waals surface area contributed by atoms with Gasteiger partial charge in [-0.05, 0) is 76.2 Å². The summed E-state index contributed by atoms with van der Waals surface area (Å²) in [5, 5.41) is 18.8. The van der Waals surface area contributed by atoms with E-state index in [1.54, 1.807) is 4.90 Å². The Kier molecular flexibility index (Phi) is 10.9. The van der Waals surface area contributed by atoms with Crippen LogP contribution in [0.2, 0.25) is 0 Å². The molecule has 5 nitrogen and oxygen atoms in total. The number of rotatable bonds is 7. The molecule has 3 rings (SSSR count). The van der Waals surface area contributed by atoms with Gasteiger partial charge in [-0.1, -0.05) is 30.3 Å². The molecule has 0 bridgehead atoms. The van der Waals surface area contributed by atoms with Gasteiger partial charge in [0.1, 0.15) is 0 Å². The Hall–Kier alpha value is -2.86. The van der Waals surface area contributed by atoms with E-state index >= 15 is 0 Å². The second-order valence-electron chi connectivity index (χ2n) is 9.48. The van der Waals surface area contributed by atoms with Gasteiger partial charge in [0.05, 0.1) is 31.5 Å². The summed E-state index contributed by atoms with van der Waals surface area (Å²) in [4.78, 5) is 8.78. The van der Waals surface area contributed by atoms with Crippen LogP contribution in [0.3, 0.4) is 0 Å². The van der Waals surface area contributed by atoms with Crippen LogP contribution in [0.15, 0.2) is 30.3 Å². The second-order valence-corrected chi connectivity index (χ2v) is 9.48. The molecule has 1 aromatic rings. The highest BCUT2D eigenvalue weighted by Gasteiger charge is 2.54. The van der Waals surface area contributed by atoms with Crippen LogP contribution in [-0.2, 0) is 6.42 Å². The van der Waals surface area contributed by atoms with Crippen LogP contribution in [-0.4, -0.2) is 31.7 Å². The average molecular weight is 445 g/mol. The first-order valence-electron chi connectivity index (χ1n) is 12.5. The monoisotopic (exact) mass is 444 g/mol. The molecule has 1 aromatic carbocycles. The summed E-state index contributed by atoms with van der Waals surface area (Å²) in [6, 6.07) is 13.5. The van der Waals surface area contributed by atoms with E-state index in [4.69, 9.17) is 13.1 Å². The van der Waals surface area contributed by atoms with Gasteiger partial charge in [0.2, 0.25) is 0 Å². The number of nitrogens with zero attached hydrogens (tertiary/aromatic N) is 4. The summed E-state index contributed by atoms with van der Waals surface area (Å²) in [5.74, 6) is 1.17. The largest absolute Gasteiger partial charge is 0.336 e. The third kappa shape index (κ3) is 6.81. The number of benzene rings is 1. The Labute approximate surface area is 200 Å². The third-order valence-corrected chi connectivity index (χ3v) is 7.93. The first-order valence-corrected chi connectivity index (χ1v) is 12.5. The lowest BCUT2D eigenvalue weighted by Gasteiger charge is -2.35. The van der Waals surface area contributed by atoms with Gasteiger partial charge in [-0.15, -0.1) is 0 Å². The number of hydrogen-bond acceptors (Lipinski definition) is 2. The van der Waals surface area contributed by atoms with E-state index in [9.17, 15) is 10.5 Å². The average Bonchev–Trinajstić information content (AvgIpc) is 3.21. The summed E-state index contributed by atoms with van der Waals surface area (Å²) in [5.41, 5.74) is 1.33. The minimum absolute atomic E-state index is 0.00340. The normalized spacial score (nSPS) is 27.5. The number of fused-ring (bicyclic) bond motifs is 1. The van der Waals surface area contributed by atoms with Crippen molar-refractivity contribution in [3.05, 3.63) is 58.7 Å². The Morgan fingerprint density at radius 2 is 1.42 bits per heavy atom. The van der Waals surface area contributed by atoms with Crippen LogP contribution in [0.1, 0.15) is 52.0 Å². The standard InChI is InChI=1S/C22H22N4.C6H15N/c1-25-21(13-23)19-12-20(22(14-24)26-2)18-11-16(8-9-17(18)19)10-15-6-4-3-5-7-15;1-4-7(5-2)6-3/h3-7,16-22H,8-12H2;4-6H2,1-3H3/p+1. The molecule has 0 aromatic heterocycles. The third-order valence-electron chi connectivity index (χ3n) is 7.93. The molecule has 1 N–H and O–H groups in total. The van der Waals surface area contributed by atoms with Gasteiger partial charge in [0.15, 0.2) is 12.1 Å². The van der Waals surface area contributed by atoms with Gasteiger partial charge in [0.25, 0.3) is 0 Å². The summed E-state index contributed by atoms with van der Waals surface area (Å²) in [6.45, 7) is 25.2. The summed E-state index contributed by atoms with van der Waals surface area (Å²) in [6.07, 6.45) is 4.82. The Morgan fingerprint density at radius 3 is 1.88 bits per heavy atom. The van der Waals surface area contributed by atoms with E-state index in [1.807, 2.05) is 6.07 Å². The van der Waals surface area contributed by atoms with Crippen molar-refractivity contribution in [1.29, 1.82) is 10.5 Å². The van der Waals surface area contributed by atoms with Crippen molar-refractivity contribution in [3.63, 3.8) is 0 Å². The molecule has 5 heteroatoms. The lowest BCUT2D eigenvalue weighted by molar-refractivity contribution is -0.894. The van der Waals surface area contributed by atoms with Gasteiger partial charge in [-0.25, -0.2) is 13.1 Å². The molecule has 174 valence electrons. The van der Waals surface area contributed by atoms with E-state index in [1.165, 1.54) is 25.2 Å². The van der Waals surface area contributed by atoms with Gasteiger partial charge < -0.3 is 4.90 Å². The zero-order chi connectivity index (χ0) is 24.2. The molecule has 2 saturated carbocycles. The summed E-state index contributed by atoms with van der Waals surface area (Å²) in [7, 11) is 0. The lowest BCUT2D eigenvalue weighted by Crippen LogP contribution is -3.11. The van der Waals surface area contributed by atoms with Crippen molar-refractivity contribution in [2.75, 3.05) is 19.6 Å². The zero-order valence-corrected chi connectivity index (χ0v) is 20.4. The fraction of sp³-hybridized carbons (Fsp3) is 0.643. The molecular formula is C28H38N5+. The summed E-state index contributed by atoms with van der Waals surface area (Å²) >= 11 is 0. The maximum Gasteiger partial charge on any atom is 0.310 e. The SMILES string of the molecule is CC[NH+](CC)CC.[C-]#[N+]C(C#N)C1CC(C(C#N)[N+]#[C-])C2CC(Cc3ccccc3)CCC12. The minimum atomic E-state index is -0.645. The predicted octanol–water partition coefficient (Wildman–Crippen LogP) is 4.45. The van der Waals surface area contributed by atoms with Crippen LogP contribution in [0.25, 0.3) is 9.69 Å². The fourth-order valence-corrected chi connectivity index (χ4v) is 6.06. The van der Waals surface area contributed by atoms with E-state index in [2.05, 4.69) is 66.9 Å². The first kappa shape index (κ1) is 26.4. The van der Waals surface area contributed by atoms with Crippen molar-refractivity contribution in [2.45, 2.75) is 65.0 Å². The smallest absolute Gasteiger partial charge is 0.310 e. The number of nitriles is 2. The molecule has 2 aliphatic rings. The summed E-state index contributed by atoms with van der Waals surface area (Å²) < 4.78 is 0. The number of hydrogen-bond donors (Lipinski definition) is 1. The van der Waals surface area contributed by atoms with Gasteiger partial charge in [-0.3, -0.25) is 9.69 Å². The van der Waals surface area contributed by atoms with Crippen molar-refractivity contribution in [2.24, 2.45) is 29.6 Å². The number of quaternary nitrogens is 1. The maximum atomic E-state index is 9.43. The maximum absolute atomic E-state index is 9.43. The van der Waals surface area contributed by atoms with E-state index in [0.29, 0.717) is 24.2 Å². The van der Waals surface area contributed by atoms with E-state index in [-0.39, 0.29) is 11.8 Å². The van der Waals surface area contributed by atoms with Crippen LogP contribution in [0.4, 0.5) is 0 Å². The minimum Gasteiger partial charge on any atom is -0.336 e. The van der Waals surface area contributed by atoms with Gasteiger partial charge in [0, 0.05) is 0 Å². The van der Waals surface area contributed by atoms with Crippen LogP contribution in [0, 0.1) is 65.4 Å². The second kappa shape index (κ2) is 13.6. The first-order chi connectivity index (χ1) is 16.1. The molecule has 33 heavy (non-hydrogen) atoms. The number of nitrogens with one attached hydrogen (secondary N) is 1. The highest BCUT2D eigenvalue weighted by atomic mass is 15.1. The topological polar surface area (TPSA) is 60.7 Å². The van der Waals surface area contributed by atoms with Crippen molar-refractivity contribution in [3.8, 4) is 12.1 Å². The molecule has 0 amide bonds. The molecule has 0 saturated heterocycles. The van der Waals surface area contributed by atoms with Crippen LogP contribution < -0.4 is 4.90 Å². The quantitative estimate of drug-likeness (QED) is 0.632. The highest BCUT2D eigenvalue weighted by Crippen LogP contribution is 2.54. The molecule has 0 aliphatic heterocycles. The lowest BCUT2D eigenvalue weighted by atomic mass is 9.68.